The lowest BCUT2D eigenvalue weighted by Gasteiger charge is -2.33. The molecule has 4 rings (SSSR count). The summed E-state index contributed by atoms with van der Waals surface area (Å²) in [5.41, 5.74) is 2.26. The van der Waals surface area contributed by atoms with Crippen LogP contribution in [0.1, 0.15) is 47.5 Å². The van der Waals surface area contributed by atoms with E-state index in [2.05, 4.69) is 27.9 Å². The van der Waals surface area contributed by atoms with Crippen LogP contribution in [0.2, 0.25) is 0 Å². The lowest BCUT2D eigenvalue weighted by Crippen LogP contribution is -2.41. The van der Waals surface area contributed by atoms with Crippen molar-refractivity contribution in [1.82, 2.24) is 14.9 Å². The molecular formula is C19H25N3O2. The van der Waals surface area contributed by atoms with Crippen molar-refractivity contribution in [2.45, 2.75) is 52.4 Å². The molecule has 0 amide bonds. The number of piperidine rings is 1. The van der Waals surface area contributed by atoms with E-state index >= 15 is 0 Å². The van der Waals surface area contributed by atoms with Gasteiger partial charge >= 0.3 is 0 Å². The van der Waals surface area contributed by atoms with Crippen LogP contribution in [0, 0.1) is 26.7 Å². The second-order valence-corrected chi connectivity index (χ2v) is 7.16. The Morgan fingerprint density at radius 3 is 2.92 bits per heavy atom. The maximum absolute atomic E-state index is 6.34. The van der Waals surface area contributed by atoms with Gasteiger partial charge in [0, 0.05) is 12.7 Å². The minimum atomic E-state index is 0.120. The largest absolute Gasteiger partial charge is 0.465 e. The summed E-state index contributed by atoms with van der Waals surface area (Å²) in [4.78, 5) is 11.2. The summed E-state index contributed by atoms with van der Waals surface area (Å²) >= 11 is 0. The van der Waals surface area contributed by atoms with Gasteiger partial charge in [-0.05, 0) is 63.8 Å². The van der Waals surface area contributed by atoms with E-state index < -0.39 is 0 Å². The number of aromatic nitrogens is 2. The summed E-state index contributed by atoms with van der Waals surface area (Å²) < 4.78 is 12.2. The molecule has 2 aliphatic rings. The Bertz CT molecular complexity index is 708. The summed E-state index contributed by atoms with van der Waals surface area (Å²) in [6, 6.07) is 4.14. The lowest BCUT2D eigenvalue weighted by atomic mass is 9.91. The lowest BCUT2D eigenvalue weighted by molar-refractivity contribution is -0.0121. The van der Waals surface area contributed by atoms with Crippen molar-refractivity contribution in [2.75, 3.05) is 13.1 Å². The number of hydrogen-bond donors (Lipinski definition) is 0. The van der Waals surface area contributed by atoms with Crippen molar-refractivity contribution in [3.8, 4) is 0 Å². The summed E-state index contributed by atoms with van der Waals surface area (Å²) in [5.74, 6) is 3.54. The molecule has 2 aromatic rings. The Kier molecular flexibility index (Phi) is 4.14. The summed E-state index contributed by atoms with van der Waals surface area (Å²) in [6.45, 7) is 9.02. The molecule has 0 bridgehead atoms. The minimum absolute atomic E-state index is 0.120. The Morgan fingerprint density at radius 1 is 1.29 bits per heavy atom. The predicted octanol–water partition coefficient (Wildman–Crippen LogP) is 3.35. The van der Waals surface area contributed by atoms with Crippen molar-refractivity contribution in [3.63, 3.8) is 0 Å². The zero-order valence-corrected chi connectivity index (χ0v) is 14.7. The maximum atomic E-state index is 6.34. The molecule has 4 heterocycles. The smallest absolute Gasteiger partial charge is 0.125 e. The van der Waals surface area contributed by atoms with E-state index in [0.29, 0.717) is 12.0 Å². The zero-order chi connectivity index (χ0) is 16.7. The van der Waals surface area contributed by atoms with Gasteiger partial charge in [-0.25, -0.2) is 9.97 Å². The van der Waals surface area contributed by atoms with Crippen LogP contribution in [0.5, 0.6) is 0 Å². The third-order valence-corrected chi connectivity index (χ3v) is 5.36. The molecule has 2 aromatic heterocycles. The number of furan rings is 1. The summed E-state index contributed by atoms with van der Waals surface area (Å²) in [7, 11) is 0. The second-order valence-electron chi connectivity index (χ2n) is 7.16. The van der Waals surface area contributed by atoms with Gasteiger partial charge in [0.05, 0.1) is 18.3 Å². The second kappa shape index (κ2) is 6.30. The monoisotopic (exact) mass is 327 g/mol. The molecule has 5 nitrogen and oxygen atoms in total. The molecule has 0 radical (unpaired) electrons. The number of rotatable bonds is 3. The van der Waals surface area contributed by atoms with Crippen LogP contribution in [0.15, 0.2) is 22.7 Å². The van der Waals surface area contributed by atoms with Crippen LogP contribution in [-0.2, 0) is 11.3 Å². The van der Waals surface area contributed by atoms with Crippen LogP contribution in [0.3, 0.4) is 0 Å². The molecule has 3 atom stereocenters. The van der Waals surface area contributed by atoms with E-state index in [0.717, 1.165) is 49.1 Å². The van der Waals surface area contributed by atoms with Crippen LogP contribution < -0.4 is 0 Å². The van der Waals surface area contributed by atoms with Crippen LogP contribution in [-0.4, -0.2) is 34.1 Å². The number of likely N-dealkylation sites (tertiary alicyclic amines) is 1. The van der Waals surface area contributed by atoms with Gasteiger partial charge in [0.1, 0.15) is 23.4 Å². The number of ether oxygens (including phenoxy) is 1. The molecule has 24 heavy (non-hydrogen) atoms. The fourth-order valence-corrected chi connectivity index (χ4v) is 3.93. The first-order valence-electron chi connectivity index (χ1n) is 8.82. The highest BCUT2D eigenvalue weighted by Gasteiger charge is 2.40. The molecule has 2 fully saturated rings. The maximum Gasteiger partial charge on any atom is 0.125 e. The SMILES string of the molecule is Cc1nccc([C@H]2C[C@H]3CCN(Cc4cc(C)c(C)o4)C[C@@H]3O2)n1. The van der Waals surface area contributed by atoms with Crippen molar-refractivity contribution in [3.05, 3.63) is 46.9 Å². The third kappa shape index (κ3) is 3.10. The molecule has 128 valence electrons. The van der Waals surface area contributed by atoms with E-state index in [4.69, 9.17) is 9.15 Å². The molecule has 0 unspecified atom stereocenters. The average molecular weight is 327 g/mol. The van der Waals surface area contributed by atoms with Crippen LogP contribution in [0.4, 0.5) is 0 Å². The molecule has 0 aromatic carbocycles. The first-order valence-corrected chi connectivity index (χ1v) is 8.82. The quantitative estimate of drug-likeness (QED) is 0.865. The highest BCUT2D eigenvalue weighted by Crippen LogP contribution is 2.40. The van der Waals surface area contributed by atoms with Crippen molar-refractivity contribution in [1.29, 1.82) is 0 Å². The standard InChI is InChI=1S/C19H25N3O2/c1-12-8-16(23-13(12)2)10-22-7-5-15-9-18(24-19(15)11-22)17-4-6-20-14(3)21-17/h4,6,8,15,18-19H,5,7,9-11H2,1-3H3/t15-,18-,19+/m1/s1. The Balaban J connectivity index is 1.40. The first kappa shape index (κ1) is 15.8. The van der Waals surface area contributed by atoms with Gasteiger partial charge in [-0.15, -0.1) is 0 Å². The Hall–Kier alpha value is -1.72. The molecule has 0 saturated carbocycles. The van der Waals surface area contributed by atoms with Crippen molar-refractivity contribution >= 4 is 0 Å². The van der Waals surface area contributed by atoms with E-state index in [9.17, 15) is 0 Å². The molecule has 2 aliphatic heterocycles. The highest BCUT2D eigenvalue weighted by atomic mass is 16.5. The molecule has 2 saturated heterocycles. The topological polar surface area (TPSA) is 51.4 Å². The van der Waals surface area contributed by atoms with Gasteiger partial charge < -0.3 is 9.15 Å². The van der Waals surface area contributed by atoms with Crippen molar-refractivity contribution < 1.29 is 9.15 Å². The predicted molar refractivity (Wildman–Crippen MR) is 90.6 cm³/mol. The van der Waals surface area contributed by atoms with Gasteiger partial charge in [-0.2, -0.15) is 0 Å². The molecule has 0 aliphatic carbocycles. The normalized spacial score (nSPS) is 27.4. The van der Waals surface area contributed by atoms with Gasteiger partial charge in [-0.1, -0.05) is 0 Å². The third-order valence-electron chi connectivity index (χ3n) is 5.36. The van der Waals surface area contributed by atoms with Crippen LogP contribution >= 0.6 is 0 Å². The van der Waals surface area contributed by atoms with Gasteiger partial charge in [-0.3, -0.25) is 4.90 Å². The van der Waals surface area contributed by atoms with E-state index in [-0.39, 0.29) is 6.10 Å². The average Bonchev–Trinajstić information content (AvgIpc) is 3.10. The number of fused-ring (bicyclic) bond motifs is 1. The van der Waals surface area contributed by atoms with Gasteiger partial charge in [0.25, 0.3) is 0 Å². The van der Waals surface area contributed by atoms with Crippen molar-refractivity contribution in [2.24, 2.45) is 5.92 Å². The molecule has 0 spiro atoms. The molecular weight excluding hydrogens is 302 g/mol. The fourth-order valence-electron chi connectivity index (χ4n) is 3.93. The number of nitrogens with zero attached hydrogens (tertiary/aromatic N) is 3. The van der Waals surface area contributed by atoms with E-state index in [1.54, 1.807) is 0 Å². The summed E-state index contributed by atoms with van der Waals surface area (Å²) in [6.07, 6.45) is 4.51. The summed E-state index contributed by atoms with van der Waals surface area (Å²) in [5, 5.41) is 0. The van der Waals surface area contributed by atoms with Crippen LogP contribution in [0.25, 0.3) is 0 Å². The number of hydrogen-bond acceptors (Lipinski definition) is 5. The first-order chi connectivity index (χ1) is 11.6. The fraction of sp³-hybridized carbons (Fsp3) is 0.579. The Morgan fingerprint density at radius 2 is 2.17 bits per heavy atom. The number of aryl methyl sites for hydroxylation is 3. The van der Waals surface area contributed by atoms with E-state index in [1.807, 2.05) is 26.1 Å². The molecule has 5 heteroatoms. The van der Waals surface area contributed by atoms with Gasteiger partial charge in [0.2, 0.25) is 0 Å². The van der Waals surface area contributed by atoms with Gasteiger partial charge in [0.15, 0.2) is 0 Å². The Labute approximate surface area is 143 Å². The molecule has 0 N–H and O–H groups in total. The minimum Gasteiger partial charge on any atom is -0.465 e. The zero-order valence-electron chi connectivity index (χ0n) is 14.7. The highest BCUT2D eigenvalue weighted by molar-refractivity contribution is 5.18. The van der Waals surface area contributed by atoms with E-state index in [1.165, 1.54) is 12.0 Å².